The molecule has 1 saturated heterocycles. The highest BCUT2D eigenvalue weighted by atomic mass is 16.7. The quantitative estimate of drug-likeness (QED) is 0.532. The predicted molar refractivity (Wildman–Crippen MR) is 121 cm³/mol. The average Bonchev–Trinajstić information content (AvgIpc) is 3.47. The highest BCUT2D eigenvalue weighted by molar-refractivity contribution is 5.83. The van der Waals surface area contributed by atoms with Crippen LogP contribution in [-0.4, -0.2) is 88.2 Å². The number of aromatic nitrogens is 5. The lowest BCUT2D eigenvalue weighted by Gasteiger charge is -2.38. The summed E-state index contributed by atoms with van der Waals surface area (Å²) >= 11 is 0. The number of pyridine rings is 1. The Morgan fingerprint density at radius 1 is 1.12 bits per heavy atom. The Balaban J connectivity index is 1.56. The molecule has 0 aliphatic carbocycles. The summed E-state index contributed by atoms with van der Waals surface area (Å²) in [5.74, 6) is 1.95. The maximum atomic E-state index is 13.3. The van der Waals surface area contributed by atoms with Gasteiger partial charge in [0.2, 0.25) is 6.79 Å². The number of aromatic amines is 1. The van der Waals surface area contributed by atoms with Crippen molar-refractivity contribution >= 4 is 10.9 Å². The number of methoxy groups -OCH3 is 1. The molecule has 5 rings (SSSR count). The molecule has 3 aromatic rings. The van der Waals surface area contributed by atoms with Crippen molar-refractivity contribution in [1.29, 1.82) is 0 Å². The van der Waals surface area contributed by atoms with Gasteiger partial charge < -0.3 is 24.1 Å². The van der Waals surface area contributed by atoms with Gasteiger partial charge in [-0.1, -0.05) is 6.92 Å². The van der Waals surface area contributed by atoms with Crippen molar-refractivity contribution in [3.63, 3.8) is 0 Å². The second-order valence-corrected chi connectivity index (χ2v) is 8.38. The van der Waals surface area contributed by atoms with Gasteiger partial charge in [-0.3, -0.25) is 9.69 Å². The zero-order chi connectivity index (χ0) is 22.8. The minimum absolute atomic E-state index is 0.163. The molecule has 11 nitrogen and oxygen atoms in total. The molecule has 0 unspecified atom stereocenters. The molecule has 4 heterocycles. The summed E-state index contributed by atoms with van der Waals surface area (Å²) in [4.78, 5) is 21.1. The Kier molecular flexibility index (Phi) is 6.25. The molecule has 2 aliphatic heterocycles. The first-order valence-corrected chi connectivity index (χ1v) is 11.4. The van der Waals surface area contributed by atoms with Gasteiger partial charge in [-0.25, -0.2) is 4.68 Å². The number of nitrogens with zero attached hydrogens (tertiary/aromatic N) is 6. The van der Waals surface area contributed by atoms with Gasteiger partial charge in [0, 0.05) is 50.3 Å². The normalized spacial score (nSPS) is 17.6. The van der Waals surface area contributed by atoms with Gasteiger partial charge in [0.1, 0.15) is 6.04 Å². The van der Waals surface area contributed by atoms with Crippen molar-refractivity contribution in [3.05, 3.63) is 39.9 Å². The van der Waals surface area contributed by atoms with Crippen molar-refractivity contribution in [1.82, 2.24) is 35.0 Å². The Hall–Kier alpha value is -3.02. The van der Waals surface area contributed by atoms with Crippen molar-refractivity contribution in [2.24, 2.45) is 0 Å². The summed E-state index contributed by atoms with van der Waals surface area (Å²) in [6.07, 6.45) is 1.12. The largest absolute Gasteiger partial charge is 0.454 e. The number of fused-ring (bicyclic) bond motifs is 2. The molecule has 1 fully saturated rings. The minimum atomic E-state index is -0.376. The minimum Gasteiger partial charge on any atom is -0.454 e. The molecule has 2 aromatic heterocycles. The smallest absolute Gasteiger partial charge is 0.253 e. The average molecular weight is 456 g/mol. The van der Waals surface area contributed by atoms with Crippen LogP contribution in [-0.2, 0) is 11.3 Å². The van der Waals surface area contributed by atoms with E-state index in [9.17, 15) is 4.79 Å². The molecular weight excluding hydrogens is 426 g/mol. The molecule has 0 bridgehead atoms. The standard InChI is InChI=1S/C22H29N7O4/c1-3-4-27-5-7-28(8-6-27)20(21-24-25-26-29(21)9-10-31-2)16-11-15-12-18-19(33-14-32-18)13-17(15)23-22(16)30/h11-13,20H,3-10,14H2,1-2H3,(H,23,30)/t20-/m0/s1. The van der Waals surface area contributed by atoms with E-state index in [1.54, 1.807) is 11.8 Å². The Bertz CT molecular complexity index is 1170. The van der Waals surface area contributed by atoms with Gasteiger partial charge in [-0.05, 0) is 35.5 Å². The first-order valence-electron chi connectivity index (χ1n) is 11.4. The number of nitrogens with one attached hydrogen (secondary N) is 1. The lowest BCUT2D eigenvalue weighted by Crippen LogP contribution is -2.49. The van der Waals surface area contributed by atoms with Gasteiger partial charge in [-0.15, -0.1) is 5.10 Å². The summed E-state index contributed by atoms with van der Waals surface area (Å²) in [5, 5.41) is 13.3. The fourth-order valence-corrected chi connectivity index (χ4v) is 4.62. The Morgan fingerprint density at radius 3 is 2.67 bits per heavy atom. The molecule has 0 spiro atoms. The molecule has 1 atom stereocenters. The molecule has 2 aliphatic rings. The van der Waals surface area contributed by atoms with Crippen LogP contribution in [0.4, 0.5) is 0 Å². The zero-order valence-electron chi connectivity index (χ0n) is 19.0. The first kappa shape index (κ1) is 21.8. The van der Waals surface area contributed by atoms with E-state index in [1.807, 2.05) is 18.2 Å². The molecule has 1 N–H and O–H groups in total. The Morgan fingerprint density at radius 2 is 1.91 bits per heavy atom. The monoisotopic (exact) mass is 455 g/mol. The van der Waals surface area contributed by atoms with E-state index in [0.29, 0.717) is 41.6 Å². The second kappa shape index (κ2) is 9.46. The van der Waals surface area contributed by atoms with Crippen LogP contribution >= 0.6 is 0 Å². The molecule has 0 saturated carbocycles. The molecule has 33 heavy (non-hydrogen) atoms. The molecule has 1 aromatic carbocycles. The summed E-state index contributed by atoms with van der Waals surface area (Å²) in [7, 11) is 1.65. The SMILES string of the molecule is CCCN1CCN([C@@H](c2cc3cc4c(cc3[nH]c2=O)OCO4)c2nnnn2CCOC)CC1. The predicted octanol–water partition coefficient (Wildman–Crippen LogP) is 1.01. The Labute approximate surface area is 191 Å². The van der Waals surface area contributed by atoms with E-state index in [1.165, 1.54) is 0 Å². The number of hydrogen-bond acceptors (Lipinski definition) is 9. The van der Waals surface area contributed by atoms with Crippen molar-refractivity contribution < 1.29 is 14.2 Å². The highest BCUT2D eigenvalue weighted by Gasteiger charge is 2.32. The van der Waals surface area contributed by atoms with Crippen LogP contribution in [0.5, 0.6) is 11.5 Å². The van der Waals surface area contributed by atoms with E-state index in [0.717, 1.165) is 44.5 Å². The fraction of sp³-hybridized carbons (Fsp3) is 0.545. The summed E-state index contributed by atoms with van der Waals surface area (Å²) < 4.78 is 18.0. The van der Waals surface area contributed by atoms with Gasteiger partial charge in [-0.2, -0.15) is 0 Å². The summed E-state index contributed by atoms with van der Waals surface area (Å²) in [6, 6.07) is 5.26. The van der Waals surface area contributed by atoms with E-state index < -0.39 is 0 Å². The molecule has 176 valence electrons. The third-order valence-electron chi connectivity index (χ3n) is 6.28. The van der Waals surface area contributed by atoms with Crippen LogP contribution in [0.2, 0.25) is 0 Å². The number of tetrazole rings is 1. The number of hydrogen-bond donors (Lipinski definition) is 1. The number of piperazine rings is 1. The van der Waals surface area contributed by atoms with E-state index >= 15 is 0 Å². The summed E-state index contributed by atoms with van der Waals surface area (Å²) in [6.45, 7) is 7.96. The van der Waals surface area contributed by atoms with Crippen LogP contribution in [0.15, 0.2) is 23.0 Å². The van der Waals surface area contributed by atoms with Crippen molar-refractivity contribution in [2.45, 2.75) is 25.9 Å². The van der Waals surface area contributed by atoms with Crippen LogP contribution in [0.1, 0.15) is 30.8 Å². The maximum Gasteiger partial charge on any atom is 0.253 e. The van der Waals surface area contributed by atoms with E-state index in [4.69, 9.17) is 14.2 Å². The molecule has 0 amide bonds. The second-order valence-electron chi connectivity index (χ2n) is 8.38. The number of H-pyrrole nitrogens is 1. The van der Waals surface area contributed by atoms with E-state index in [2.05, 4.69) is 37.2 Å². The first-order chi connectivity index (χ1) is 16.2. The van der Waals surface area contributed by atoms with Gasteiger partial charge in [0.05, 0.1) is 18.7 Å². The van der Waals surface area contributed by atoms with Crippen LogP contribution in [0, 0.1) is 0 Å². The zero-order valence-corrected chi connectivity index (χ0v) is 19.0. The lowest BCUT2D eigenvalue weighted by molar-refractivity contribution is 0.103. The van der Waals surface area contributed by atoms with E-state index in [-0.39, 0.29) is 18.4 Å². The van der Waals surface area contributed by atoms with Crippen molar-refractivity contribution in [3.8, 4) is 11.5 Å². The number of benzene rings is 1. The third kappa shape index (κ3) is 4.31. The third-order valence-corrected chi connectivity index (χ3v) is 6.28. The highest BCUT2D eigenvalue weighted by Crippen LogP contribution is 2.36. The summed E-state index contributed by atoms with van der Waals surface area (Å²) in [5.41, 5.74) is 1.15. The van der Waals surface area contributed by atoms with Crippen molar-refractivity contribution in [2.75, 3.05) is 53.2 Å². The van der Waals surface area contributed by atoms with Gasteiger partial charge >= 0.3 is 0 Å². The number of ether oxygens (including phenoxy) is 3. The molecule has 0 radical (unpaired) electrons. The molecular formula is C22H29N7O4. The van der Waals surface area contributed by atoms with Gasteiger partial charge in [0.15, 0.2) is 17.3 Å². The van der Waals surface area contributed by atoms with Gasteiger partial charge in [0.25, 0.3) is 5.56 Å². The van der Waals surface area contributed by atoms with Crippen LogP contribution in [0.3, 0.4) is 0 Å². The molecule has 11 heteroatoms. The maximum absolute atomic E-state index is 13.3. The number of rotatable bonds is 8. The van der Waals surface area contributed by atoms with Crippen LogP contribution in [0.25, 0.3) is 10.9 Å². The fourth-order valence-electron chi connectivity index (χ4n) is 4.62. The lowest BCUT2D eigenvalue weighted by atomic mass is 10.0. The topological polar surface area (TPSA) is 111 Å². The van der Waals surface area contributed by atoms with Crippen LogP contribution < -0.4 is 15.0 Å².